The lowest BCUT2D eigenvalue weighted by molar-refractivity contribution is 0.0469. The number of rotatable bonds is 4. The van der Waals surface area contributed by atoms with Crippen LogP contribution in [0.1, 0.15) is 17.1 Å². The first kappa shape index (κ1) is 11.9. The molecule has 0 aliphatic rings. The Bertz CT molecular complexity index is 569. The number of ether oxygens (including phenoxy) is 1. The van der Waals surface area contributed by atoms with Crippen molar-refractivity contribution >= 4 is 5.97 Å². The smallest absolute Gasteiger partial charge is 0.396 e. The molecule has 0 aliphatic heterocycles. The van der Waals surface area contributed by atoms with Crippen molar-refractivity contribution in [2.45, 2.75) is 6.42 Å². The lowest BCUT2D eigenvalue weighted by Gasteiger charge is -1.97. The van der Waals surface area contributed by atoms with E-state index in [9.17, 15) is 4.79 Å². The van der Waals surface area contributed by atoms with E-state index in [0.717, 1.165) is 5.56 Å². The molecule has 0 amide bonds. The quantitative estimate of drug-likeness (QED) is 0.465. The Hall–Kier alpha value is -2.61. The van der Waals surface area contributed by atoms with E-state index >= 15 is 0 Å². The number of carbonyl (C=O) groups excluding carboxylic acids is 1. The Morgan fingerprint density at radius 3 is 2.83 bits per heavy atom. The van der Waals surface area contributed by atoms with Crippen LogP contribution in [0.2, 0.25) is 0 Å². The molecule has 5 heteroatoms. The van der Waals surface area contributed by atoms with Crippen LogP contribution in [0.25, 0.3) is 11.5 Å². The van der Waals surface area contributed by atoms with Crippen LogP contribution in [-0.4, -0.2) is 22.8 Å². The summed E-state index contributed by atoms with van der Waals surface area (Å²) in [5.74, 6) is 1.80. The minimum atomic E-state index is -0.667. The number of terminal acetylenes is 1. The van der Waals surface area contributed by atoms with Gasteiger partial charge in [-0.05, 0) is 12.1 Å². The summed E-state index contributed by atoms with van der Waals surface area (Å²) in [6, 6.07) is 9.16. The van der Waals surface area contributed by atoms with Gasteiger partial charge >= 0.3 is 11.9 Å². The van der Waals surface area contributed by atoms with Crippen molar-refractivity contribution < 1.29 is 13.9 Å². The van der Waals surface area contributed by atoms with Crippen molar-refractivity contribution in [2.24, 2.45) is 0 Å². The van der Waals surface area contributed by atoms with Gasteiger partial charge in [0.25, 0.3) is 0 Å². The third-order valence-corrected chi connectivity index (χ3v) is 2.10. The molecule has 0 saturated heterocycles. The van der Waals surface area contributed by atoms with E-state index in [4.69, 9.17) is 15.6 Å². The largest absolute Gasteiger partial charge is 0.458 e. The van der Waals surface area contributed by atoms with E-state index < -0.39 is 5.97 Å². The summed E-state index contributed by atoms with van der Waals surface area (Å²) in [4.78, 5) is 11.5. The molecule has 0 radical (unpaired) electrons. The molecule has 0 fully saturated rings. The van der Waals surface area contributed by atoms with Gasteiger partial charge in [0.2, 0.25) is 5.89 Å². The topological polar surface area (TPSA) is 65.2 Å². The van der Waals surface area contributed by atoms with Gasteiger partial charge in [-0.2, -0.15) is 0 Å². The van der Waals surface area contributed by atoms with Gasteiger partial charge in [0, 0.05) is 12.0 Å². The van der Waals surface area contributed by atoms with Gasteiger partial charge in [-0.3, -0.25) is 0 Å². The molecule has 90 valence electrons. The summed E-state index contributed by atoms with van der Waals surface area (Å²) in [6.45, 7) is 0.137. The normalized spacial score (nSPS) is 9.72. The minimum Gasteiger partial charge on any atom is -0.458 e. The Morgan fingerprint density at radius 1 is 1.33 bits per heavy atom. The Morgan fingerprint density at radius 2 is 2.11 bits per heavy atom. The van der Waals surface area contributed by atoms with Crippen LogP contribution < -0.4 is 0 Å². The Labute approximate surface area is 104 Å². The van der Waals surface area contributed by atoms with Crippen molar-refractivity contribution in [3.63, 3.8) is 0 Å². The summed E-state index contributed by atoms with van der Waals surface area (Å²) in [5, 5.41) is 7.41. The van der Waals surface area contributed by atoms with Crippen molar-refractivity contribution in [1.82, 2.24) is 10.2 Å². The number of nitrogens with zero attached hydrogens (tertiary/aromatic N) is 2. The first-order valence-corrected chi connectivity index (χ1v) is 5.31. The highest BCUT2D eigenvalue weighted by Crippen LogP contribution is 2.17. The zero-order valence-electron chi connectivity index (χ0n) is 9.50. The molecule has 1 aromatic heterocycles. The third kappa shape index (κ3) is 2.74. The highest BCUT2D eigenvalue weighted by molar-refractivity contribution is 5.84. The molecule has 0 saturated carbocycles. The van der Waals surface area contributed by atoms with E-state index in [1.54, 1.807) is 12.1 Å². The average molecular weight is 242 g/mol. The summed E-state index contributed by atoms with van der Waals surface area (Å²) in [5.41, 5.74) is 0.743. The fourth-order valence-corrected chi connectivity index (χ4v) is 1.27. The monoisotopic (exact) mass is 242 g/mol. The van der Waals surface area contributed by atoms with Crippen LogP contribution in [0.15, 0.2) is 34.7 Å². The Kier molecular flexibility index (Phi) is 3.72. The highest BCUT2D eigenvalue weighted by atomic mass is 16.5. The SMILES string of the molecule is C#CCCOC(=O)c1nnc(-c2ccccc2)o1. The minimum absolute atomic E-state index is 0.137. The molecule has 18 heavy (non-hydrogen) atoms. The second kappa shape index (κ2) is 5.64. The first-order valence-electron chi connectivity index (χ1n) is 5.31. The maximum absolute atomic E-state index is 11.5. The molecule has 0 bridgehead atoms. The van der Waals surface area contributed by atoms with Gasteiger partial charge in [0.1, 0.15) is 6.61 Å². The van der Waals surface area contributed by atoms with Crippen molar-refractivity contribution in [3.8, 4) is 23.8 Å². The summed E-state index contributed by atoms with van der Waals surface area (Å²) < 4.78 is 10.1. The molecule has 0 spiro atoms. The van der Waals surface area contributed by atoms with Crippen LogP contribution >= 0.6 is 0 Å². The van der Waals surface area contributed by atoms with E-state index in [0.29, 0.717) is 6.42 Å². The van der Waals surface area contributed by atoms with Crippen molar-refractivity contribution in [2.75, 3.05) is 6.61 Å². The molecular formula is C13H10N2O3. The molecule has 2 rings (SSSR count). The Balaban J connectivity index is 2.07. The predicted octanol–water partition coefficient (Wildman–Crippen LogP) is 1.92. The highest BCUT2D eigenvalue weighted by Gasteiger charge is 2.16. The molecule has 1 heterocycles. The zero-order chi connectivity index (χ0) is 12.8. The lowest BCUT2D eigenvalue weighted by atomic mass is 10.2. The lowest BCUT2D eigenvalue weighted by Crippen LogP contribution is -2.06. The third-order valence-electron chi connectivity index (χ3n) is 2.10. The van der Waals surface area contributed by atoms with Crippen molar-refractivity contribution in [3.05, 3.63) is 36.2 Å². The predicted molar refractivity (Wildman–Crippen MR) is 63.5 cm³/mol. The van der Waals surface area contributed by atoms with Crippen LogP contribution in [-0.2, 0) is 4.74 Å². The maximum Gasteiger partial charge on any atom is 0.396 e. The van der Waals surface area contributed by atoms with Gasteiger partial charge in [0.05, 0.1) is 0 Å². The standard InChI is InChI=1S/C13H10N2O3/c1-2-3-9-17-13(16)12-15-14-11(18-12)10-7-5-4-6-8-10/h1,4-8H,3,9H2. The number of esters is 1. The van der Waals surface area contributed by atoms with Crippen LogP contribution in [0.5, 0.6) is 0 Å². The molecular weight excluding hydrogens is 232 g/mol. The number of aromatic nitrogens is 2. The fraction of sp³-hybridized carbons (Fsp3) is 0.154. The zero-order valence-corrected chi connectivity index (χ0v) is 9.50. The number of benzene rings is 1. The molecule has 2 aromatic rings. The summed E-state index contributed by atoms with van der Waals surface area (Å²) >= 11 is 0. The molecule has 0 aliphatic carbocycles. The van der Waals surface area contributed by atoms with Gasteiger partial charge < -0.3 is 9.15 Å². The summed E-state index contributed by atoms with van der Waals surface area (Å²) in [7, 11) is 0. The van der Waals surface area contributed by atoms with E-state index in [-0.39, 0.29) is 18.4 Å². The van der Waals surface area contributed by atoms with Gasteiger partial charge in [-0.25, -0.2) is 4.79 Å². The summed E-state index contributed by atoms with van der Waals surface area (Å²) in [6.07, 6.45) is 5.39. The second-order valence-electron chi connectivity index (χ2n) is 3.37. The van der Waals surface area contributed by atoms with Crippen molar-refractivity contribution in [1.29, 1.82) is 0 Å². The average Bonchev–Trinajstić information content (AvgIpc) is 2.89. The second-order valence-corrected chi connectivity index (χ2v) is 3.37. The van der Waals surface area contributed by atoms with Crippen LogP contribution in [0.4, 0.5) is 0 Å². The first-order chi connectivity index (χ1) is 8.81. The fourth-order valence-electron chi connectivity index (χ4n) is 1.27. The number of hydrogen-bond donors (Lipinski definition) is 0. The number of carbonyl (C=O) groups is 1. The van der Waals surface area contributed by atoms with E-state index in [1.807, 2.05) is 18.2 Å². The molecule has 5 nitrogen and oxygen atoms in total. The van der Waals surface area contributed by atoms with Crippen LogP contribution in [0.3, 0.4) is 0 Å². The maximum atomic E-state index is 11.5. The van der Waals surface area contributed by atoms with Crippen LogP contribution in [0, 0.1) is 12.3 Å². The number of hydrogen-bond acceptors (Lipinski definition) is 5. The van der Waals surface area contributed by atoms with E-state index in [1.165, 1.54) is 0 Å². The molecule has 0 N–H and O–H groups in total. The molecule has 0 unspecified atom stereocenters. The molecule has 1 aromatic carbocycles. The van der Waals surface area contributed by atoms with Gasteiger partial charge in [-0.1, -0.05) is 18.2 Å². The molecule has 0 atom stereocenters. The van der Waals surface area contributed by atoms with Gasteiger partial charge in [-0.15, -0.1) is 22.5 Å². The van der Waals surface area contributed by atoms with Gasteiger partial charge in [0.15, 0.2) is 0 Å². The van der Waals surface area contributed by atoms with E-state index in [2.05, 4.69) is 16.1 Å².